The van der Waals surface area contributed by atoms with Crippen LogP contribution < -0.4 is 16.0 Å². The molecule has 0 saturated heterocycles. The van der Waals surface area contributed by atoms with Gasteiger partial charge in [0.1, 0.15) is 5.82 Å². The van der Waals surface area contributed by atoms with Crippen molar-refractivity contribution in [3.8, 4) is 11.1 Å². The van der Waals surface area contributed by atoms with Crippen molar-refractivity contribution in [1.29, 1.82) is 5.41 Å². The first-order valence-corrected chi connectivity index (χ1v) is 11.5. The van der Waals surface area contributed by atoms with Crippen molar-refractivity contribution in [2.45, 2.75) is 6.42 Å². The van der Waals surface area contributed by atoms with Crippen LogP contribution in [0, 0.1) is 5.41 Å². The van der Waals surface area contributed by atoms with E-state index < -0.39 is 0 Å². The van der Waals surface area contributed by atoms with Gasteiger partial charge in [0.2, 0.25) is 0 Å². The first kappa shape index (κ1) is 24.0. The minimum absolute atomic E-state index is 0.00943. The number of nitrogens with two attached hydrogens (primary N) is 1. The Labute approximate surface area is 204 Å². The summed E-state index contributed by atoms with van der Waals surface area (Å²) in [6.45, 7) is 1.92. The molecule has 0 aliphatic carbocycles. The number of aromatic nitrogens is 2. The highest BCUT2D eigenvalue weighted by Gasteiger charge is 2.09. The molecule has 0 radical (unpaired) electrons. The monoisotopic (exact) mass is 470 g/mol. The molecule has 35 heavy (non-hydrogen) atoms. The third kappa shape index (κ3) is 5.67. The van der Waals surface area contributed by atoms with Crippen molar-refractivity contribution < 1.29 is 9.53 Å². The first-order chi connectivity index (χ1) is 17.0. The van der Waals surface area contributed by atoms with Gasteiger partial charge in [-0.05, 0) is 65.6 Å². The summed E-state index contributed by atoms with van der Waals surface area (Å²) in [5.41, 5.74) is 10.3. The number of amides is 1. The molecule has 2 aromatic heterocycles. The summed E-state index contributed by atoms with van der Waals surface area (Å²) in [6.07, 6.45) is 4.29. The zero-order valence-electron chi connectivity index (χ0n) is 20.0. The summed E-state index contributed by atoms with van der Waals surface area (Å²) in [7, 11) is 3.67. The number of nitrogens with zero attached hydrogens (tertiary/aromatic N) is 3. The molecule has 0 bridgehead atoms. The summed E-state index contributed by atoms with van der Waals surface area (Å²) in [5, 5.41) is 11.6. The standard InChI is InChI=1S/C27H30N6O2/c1-32(15-16-35-2)25-18-22(10-13-30-25)20-4-6-21(7-5-20)26(34)31-12-9-19-3-8-24-23(17-19)11-14-33(24)27(28)29/h3-8,10-11,13-14,17-18H,9,12,15-16H2,1-2H3,(H3,28,29)(H,31,34). The number of anilines is 1. The second-order valence-electron chi connectivity index (χ2n) is 8.36. The maximum Gasteiger partial charge on any atom is 0.251 e. The van der Waals surface area contributed by atoms with Gasteiger partial charge in [-0.15, -0.1) is 0 Å². The van der Waals surface area contributed by atoms with E-state index in [1.807, 2.05) is 66.5 Å². The number of rotatable bonds is 9. The normalized spacial score (nSPS) is 10.9. The van der Waals surface area contributed by atoms with Crippen LogP contribution in [0.3, 0.4) is 0 Å². The second kappa shape index (κ2) is 10.8. The Hall–Kier alpha value is -4.17. The van der Waals surface area contributed by atoms with Crippen LogP contribution in [0.1, 0.15) is 15.9 Å². The minimum Gasteiger partial charge on any atom is -0.383 e. The summed E-state index contributed by atoms with van der Waals surface area (Å²) >= 11 is 0. The lowest BCUT2D eigenvalue weighted by Gasteiger charge is -2.18. The number of nitrogens with one attached hydrogen (secondary N) is 2. The number of hydrogen-bond donors (Lipinski definition) is 3. The molecular weight excluding hydrogens is 440 g/mol. The molecule has 0 atom stereocenters. The van der Waals surface area contributed by atoms with Gasteiger partial charge in [-0.25, -0.2) is 4.98 Å². The lowest BCUT2D eigenvalue weighted by atomic mass is 10.0. The average molecular weight is 471 g/mol. The fraction of sp³-hybridized carbons (Fsp3) is 0.222. The van der Waals surface area contributed by atoms with E-state index >= 15 is 0 Å². The summed E-state index contributed by atoms with van der Waals surface area (Å²) < 4.78 is 6.78. The number of likely N-dealkylation sites (N-methyl/N-ethyl adjacent to an activating group) is 1. The predicted molar refractivity (Wildman–Crippen MR) is 140 cm³/mol. The van der Waals surface area contributed by atoms with Gasteiger partial charge in [0.05, 0.1) is 12.1 Å². The molecule has 0 saturated carbocycles. The lowest BCUT2D eigenvalue weighted by Crippen LogP contribution is -2.25. The van der Waals surface area contributed by atoms with E-state index in [0.29, 0.717) is 25.1 Å². The second-order valence-corrected chi connectivity index (χ2v) is 8.36. The van der Waals surface area contributed by atoms with E-state index in [1.165, 1.54) is 0 Å². The number of ether oxygens (including phenoxy) is 1. The Morgan fingerprint density at radius 2 is 1.91 bits per heavy atom. The Morgan fingerprint density at radius 3 is 2.66 bits per heavy atom. The van der Waals surface area contributed by atoms with Crippen LogP contribution in [0.15, 0.2) is 73.1 Å². The molecule has 4 aromatic rings. The molecule has 0 aliphatic heterocycles. The third-order valence-corrected chi connectivity index (χ3v) is 5.96. The van der Waals surface area contributed by atoms with Crippen LogP contribution in [0.4, 0.5) is 5.82 Å². The highest BCUT2D eigenvalue weighted by molar-refractivity contribution is 5.95. The molecule has 1 amide bonds. The molecule has 180 valence electrons. The SMILES string of the molecule is COCCN(C)c1cc(-c2ccc(C(=O)NCCc3ccc4c(ccn4C(=N)N)c3)cc2)ccn1. The molecule has 2 heterocycles. The van der Waals surface area contributed by atoms with Crippen molar-refractivity contribution >= 4 is 28.6 Å². The molecule has 0 spiro atoms. The van der Waals surface area contributed by atoms with Crippen molar-refractivity contribution in [3.05, 3.63) is 84.2 Å². The lowest BCUT2D eigenvalue weighted by molar-refractivity contribution is 0.0954. The number of nitrogen functional groups attached to an aromatic ring is 1. The molecule has 0 aliphatic rings. The van der Waals surface area contributed by atoms with Crippen LogP contribution in [-0.2, 0) is 11.2 Å². The van der Waals surface area contributed by atoms with Gasteiger partial charge in [0.25, 0.3) is 5.91 Å². The Kier molecular flexibility index (Phi) is 7.42. The van der Waals surface area contributed by atoms with Crippen LogP contribution in [0.5, 0.6) is 0 Å². The van der Waals surface area contributed by atoms with Gasteiger partial charge in [-0.2, -0.15) is 0 Å². The zero-order chi connectivity index (χ0) is 24.8. The Bertz CT molecular complexity index is 1330. The minimum atomic E-state index is -0.102. The highest BCUT2D eigenvalue weighted by atomic mass is 16.5. The molecule has 0 unspecified atom stereocenters. The van der Waals surface area contributed by atoms with Gasteiger partial charge in [0, 0.05) is 50.6 Å². The summed E-state index contributed by atoms with van der Waals surface area (Å²) in [6, 6.07) is 19.5. The fourth-order valence-corrected chi connectivity index (χ4v) is 3.94. The molecule has 4 rings (SSSR count). The van der Waals surface area contributed by atoms with Gasteiger partial charge >= 0.3 is 0 Å². The maximum atomic E-state index is 12.6. The van der Waals surface area contributed by atoms with E-state index in [9.17, 15) is 4.79 Å². The number of fused-ring (bicyclic) bond motifs is 1. The smallest absolute Gasteiger partial charge is 0.251 e. The number of carbonyl (C=O) groups is 1. The quantitative estimate of drug-likeness (QED) is 0.256. The predicted octanol–water partition coefficient (Wildman–Crippen LogP) is 3.50. The fourth-order valence-electron chi connectivity index (χ4n) is 3.94. The third-order valence-electron chi connectivity index (χ3n) is 5.96. The topological polar surface area (TPSA) is 109 Å². The molecule has 8 heteroatoms. The number of pyridine rings is 1. The highest BCUT2D eigenvalue weighted by Crippen LogP contribution is 2.23. The summed E-state index contributed by atoms with van der Waals surface area (Å²) in [4.78, 5) is 19.1. The van der Waals surface area contributed by atoms with Crippen LogP contribution in [0.25, 0.3) is 22.0 Å². The number of benzene rings is 2. The van der Waals surface area contributed by atoms with E-state index in [0.717, 1.165) is 40.0 Å². The molecule has 0 fully saturated rings. The van der Waals surface area contributed by atoms with Gasteiger partial charge < -0.3 is 20.7 Å². The van der Waals surface area contributed by atoms with Crippen molar-refractivity contribution in [2.75, 3.05) is 38.8 Å². The first-order valence-electron chi connectivity index (χ1n) is 11.5. The zero-order valence-corrected chi connectivity index (χ0v) is 20.0. The largest absolute Gasteiger partial charge is 0.383 e. The summed E-state index contributed by atoms with van der Waals surface area (Å²) in [5.74, 6) is 0.761. The van der Waals surface area contributed by atoms with Gasteiger partial charge in [-0.3, -0.25) is 14.8 Å². The van der Waals surface area contributed by atoms with E-state index in [2.05, 4.69) is 16.4 Å². The van der Waals surface area contributed by atoms with Crippen molar-refractivity contribution in [3.63, 3.8) is 0 Å². The van der Waals surface area contributed by atoms with Gasteiger partial charge in [0.15, 0.2) is 5.96 Å². The Morgan fingerprint density at radius 1 is 1.11 bits per heavy atom. The van der Waals surface area contributed by atoms with Crippen molar-refractivity contribution in [2.24, 2.45) is 5.73 Å². The van der Waals surface area contributed by atoms with Crippen LogP contribution in [0.2, 0.25) is 0 Å². The molecule has 4 N–H and O–H groups in total. The number of methoxy groups -OCH3 is 1. The molecular formula is C27H30N6O2. The van der Waals surface area contributed by atoms with Crippen molar-refractivity contribution in [1.82, 2.24) is 14.9 Å². The van der Waals surface area contributed by atoms with Crippen LogP contribution >= 0.6 is 0 Å². The van der Waals surface area contributed by atoms with Crippen LogP contribution in [-0.4, -0.2) is 55.3 Å². The number of carbonyl (C=O) groups excluding carboxylic acids is 1. The Balaban J connectivity index is 1.35. The van der Waals surface area contributed by atoms with E-state index in [1.54, 1.807) is 24.1 Å². The number of hydrogen-bond acceptors (Lipinski definition) is 5. The van der Waals surface area contributed by atoms with E-state index in [4.69, 9.17) is 15.9 Å². The van der Waals surface area contributed by atoms with Gasteiger partial charge in [-0.1, -0.05) is 18.2 Å². The van der Waals surface area contributed by atoms with E-state index in [-0.39, 0.29) is 11.9 Å². The molecule has 8 nitrogen and oxygen atoms in total. The average Bonchev–Trinajstić information content (AvgIpc) is 3.31. The molecule has 2 aromatic carbocycles. The maximum absolute atomic E-state index is 12.6.